The molecule has 0 spiro atoms. The second kappa shape index (κ2) is 14.1. The van der Waals surface area contributed by atoms with Gasteiger partial charge in [0.15, 0.2) is 0 Å². The van der Waals surface area contributed by atoms with Crippen LogP contribution < -0.4 is 5.32 Å². The predicted molar refractivity (Wildman–Crippen MR) is 126 cm³/mol. The van der Waals surface area contributed by atoms with Crippen molar-refractivity contribution in [1.29, 1.82) is 0 Å². The Labute approximate surface area is 182 Å². The number of piperidine rings is 1. The third-order valence-corrected chi connectivity index (χ3v) is 6.11. The number of nitrogens with one attached hydrogen (secondary N) is 1. The van der Waals surface area contributed by atoms with Crippen molar-refractivity contribution in [3.63, 3.8) is 0 Å². The summed E-state index contributed by atoms with van der Waals surface area (Å²) in [5.41, 5.74) is 1.45. The first-order chi connectivity index (χ1) is 13.2. The van der Waals surface area contributed by atoms with Gasteiger partial charge in [-0.15, -0.1) is 0 Å². The Bertz CT molecular complexity index is 493. The molecular formula is C21H36ClN3S2. The van der Waals surface area contributed by atoms with Crippen molar-refractivity contribution >= 4 is 36.9 Å². The highest BCUT2D eigenvalue weighted by Crippen LogP contribution is 2.28. The molecule has 3 nitrogen and oxygen atoms in total. The van der Waals surface area contributed by atoms with Gasteiger partial charge in [0, 0.05) is 42.7 Å². The Kier molecular flexibility index (Phi) is 12.2. The van der Waals surface area contributed by atoms with Gasteiger partial charge in [0.05, 0.1) is 0 Å². The van der Waals surface area contributed by atoms with E-state index in [9.17, 15) is 0 Å². The van der Waals surface area contributed by atoms with Gasteiger partial charge in [-0.05, 0) is 75.5 Å². The van der Waals surface area contributed by atoms with Crippen LogP contribution in [0.3, 0.4) is 0 Å². The van der Waals surface area contributed by atoms with Crippen LogP contribution >= 0.6 is 36.9 Å². The maximum Gasteiger partial charge on any atom is 0.0406 e. The van der Waals surface area contributed by atoms with Crippen molar-refractivity contribution in [3.05, 3.63) is 34.9 Å². The zero-order valence-electron chi connectivity index (χ0n) is 16.5. The lowest BCUT2D eigenvalue weighted by molar-refractivity contribution is 0.202. The number of unbranched alkanes of at least 4 members (excludes halogenated alkanes) is 1. The second-order valence-electron chi connectivity index (χ2n) is 7.41. The molecule has 0 bridgehead atoms. The quantitative estimate of drug-likeness (QED) is 0.324. The summed E-state index contributed by atoms with van der Waals surface area (Å²) < 4.78 is 0. The molecule has 0 atom stereocenters. The van der Waals surface area contributed by atoms with Crippen LogP contribution in [0.25, 0.3) is 0 Å². The molecule has 1 fully saturated rings. The molecule has 0 aromatic heterocycles. The first-order valence-electron chi connectivity index (χ1n) is 10.4. The van der Waals surface area contributed by atoms with E-state index in [0.29, 0.717) is 5.92 Å². The van der Waals surface area contributed by atoms with Crippen LogP contribution in [-0.2, 0) is 0 Å². The average molecular weight is 430 g/mol. The van der Waals surface area contributed by atoms with Crippen LogP contribution in [0.15, 0.2) is 24.3 Å². The molecule has 27 heavy (non-hydrogen) atoms. The summed E-state index contributed by atoms with van der Waals surface area (Å²) in [5.74, 6) is 2.54. The molecule has 0 radical (unpaired) electrons. The highest BCUT2D eigenvalue weighted by atomic mass is 35.5. The van der Waals surface area contributed by atoms with Crippen LogP contribution in [-0.4, -0.2) is 73.7 Å². The minimum Gasteiger partial charge on any atom is -0.315 e. The lowest BCUT2D eigenvalue weighted by Gasteiger charge is -2.32. The van der Waals surface area contributed by atoms with Crippen LogP contribution in [0.5, 0.6) is 0 Å². The molecule has 154 valence electrons. The van der Waals surface area contributed by atoms with E-state index < -0.39 is 0 Å². The van der Waals surface area contributed by atoms with Crippen molar-refractivity contribution in [2.24, 2.45) is 0 Å². The summed E-state index contributed by atoms with van der Waals surface area (Å²) in [6, 6.07) is 8.44. The summed E-state index contributed by atoms with van der Waals surface area (Å²) in [7, 11) is 0. The van der Waals surface area contributed by atoms with E-state index in [4.69, 9.17) is 11.6 Å². The van der Waals surface area contributed by atoms with Gasteiger partial charge in [-0.1, -0.05) is 23.7 Å². The highest BCUT2D eigenvalue weighted by molar-refractivity contribution is 7.80. The average Bonchev–Trinajstić information content (AvgIpc) is 2.69. The first kappa shape index (κ1) is 23.4. The Balaban J connectivity index is 1.58. The van der Waals surface area contributed by atoms with Crippen LogP contribution in [0.1, 0.15) is 37.2 Å². The molecule has 1 aromatic carbocycles. The van der Waals surface area contributed by atoms with Crippen LogP contribution in [0.4, 0.5) is 0 Å². The van der Waals surface area contributed by atoms with Crippen LogP contribution in [0, 0.1) is 0 Å². The third kappa shape index (κ3) is 9.42. The molecule has 0 unspecified atom stereocenters. The van der Waals surface area contributed by atoms with Gasteiger partial charge in [-0.3, -0.25) is 0 Å². The Morgan fingerprint density at radius 1 is 0.963 bits per heavy atom. The molecule has 1 aliphatic rings. The van der Waals surface area contributed by atoms with Gasteiger partial charge in [0.1, 0.15) is 0 Å². The van der Waals surface area contributed by atoms with E-state index in [0.717, 1.165) is 42.7 Å². The summed E-state index contributed by atoms with van der Waals surface area (Å²) in [5, 5.41) is 4.26. The molecule has 1 N–H and O–H groups in total. The molecule has 1 heterocycles. The van der Waals surface area contributed by atoms with Gasteiger partial charge >= 0.3 is 0 Å². The monoisotopic (exact) mass is 429 g/mol. The number of hydrogen-bond donors (Lipinski definition) is 3. The van der Waals surface area contributed by atoms with Gasteiger partial charge in [0.2, 0.25) is 0 Å². The predicted octanol–water partition coefficient (Wildman–Crippen LogP) is 4.05. The van der Waals surface area contributed by atoms with E-state index in [1.807, 2.05) is 12.1 Å². The zero-order valence-corrected chi connectivity index (χ0v) is 19.0. The number of thiol groups is 2. The Morgan fingerprint density at radius 2 is 1.70 bits per heavy atom. The smallest absolute Gasteiger partial charge is 0.0406 e. The fourth-order valence-corrected chi connectivity index (χ4v) is 4.38. The van der Waals surface area contributed by atoms with Crippen molar-refractivity contribution in [3.8, 4) is 0 Å². The third-order valence-electron chi connectivity index (χ3n) is 5.44. The topological polar surface area (TPSA) is 18.5 Å². The van der Waals surface area contributed by atoms with E-state index in [1.54, 1.807) is 0 Å². The summed E-state index contributed by atoms with van der Waals surface area (Å²) in [4.78, 5) is 5.18. The Hall–Kier alpha value is 0.0900. The van der Waals surface area contributed by atoms with E-state index >= 15 is 0 Å². The molecule has 1 aromatic rings. The summed E-state index contributed by atoms with van der Waals surface area (Å²) >= 11 is 14.6. The van der Waals surface area contributed by atoms with Gasteiger partial charge < -0.3 is 15.1 Å². The zero-order chi connectivity index (χ0) is 19.3. The Morgan fingerprint density at radius 3 is 2.37 bits per heavy atom. The minimum atomic E-state index is 0.703. The number of rotatable bonds is 13. The van der Waals surface area contributed by atoms with Gasteiger partial charge in [-0.2, -0.15) is 25.3 Å². The molecule has 2 rings (SSSR count). The highest BCUT2D eigenvalue weighted by Gasteiger charge is 2.20. The fourth-order valence-electron chi connectivity index (χ4n) is 3.81. The molecule has 6 heteroatoms. The number of nitrogens with zero attached hydrogens (tertiary/aromatic N) is 2. The van der Waals surface area contributed by atoms with Crippen molar-refractivity contribution in [2.45, 2.75) is 31.6 Å². The van der Waals surface area contributed by atoms with E-state index in [1.165, 1.54) is 57.4 Å². The molecule has 1 aliphatic heterocycles. The molecule has 0 saturated carbocycles. The molecule has 1 saturated heterocycles. The minimum absolute atomic E-state index is 0.703. The number of halogens is 1. The standard InChI is InChI=1S/C21H36ClN3S2/c22-21-5-3-19(4-6-21)20-7-13-24(14-8-20)11-1-2-12-25(16-18-27)15-9-23-10-17-26/h3-6,20,23,26-27H,1-2,7-18H2. The largest absolute Gasteiger partial charge is 0.315 e. The van der Waals surface area contributed by atoms with Gasteiger partial charge in [-0.25, -0.2) is 0 Å². The van der Waals surface area contributed by atoms with Crippen LogP contribution in [0.2, 0.25) is 5.02 Å². The maximum atomic E-state index is 6.01. The molecular weight excluding hydrogens is 394 g/mol. The second-order valence-corrected chi connectivity index (χ2v) is 8.74. The molecule has 0 aliphatic carbocycles. The number of likely N-dealkylation sites (tertiary alicyclic amines) is 1. The SMILES string of the molecule is SCCNCCN(CCS)CCCCN1CCC(c2ccc(Cl)cc2)CC1. The van der Waals surface area contributed by atoms with E-state index in [-0.39, 0.29) is 0 Å². The lowest BCUT2D eigenvalue weighted by atomic mass is 9.89. The van der Waals surface area contributed by atoms with Gasteiger partial charge in [0.25, 0.3) is 0 Å². The number of benzene rings is 1. The first-order valence-corrected chi connectivity index (χ1v) is 12.0. The number of hydrogen-bond acceptors (Lipinski definition) is 5. The lowest BCUT2D eigenvalue weighted by Crippen LogP contribution is -2.36. The summed E-state index contributed by atoms with van der Waals surface area (Å²) in [6.07, 6.45) is 5.10. The summed E-state index contributed by atoms with van der Waals surface area (Å²) in [6.45, 7) is 9.10. The molecule has 0 amide bonds. The van der Waals surface area contributed by atoms with E-state index in [2.05, 4.69) is 52.5 Å². The normalized spacial score (nSPS) is 16.3. The maximum absolute atomic E-state index is 6.01. The van der Waals surface area contributed by atoms with Crippen molar-refractivity contribution in [2.75, 3.05) is 63.9 Å². The fraction of sp³-hybridized carbons (Fsp3) is 0.714. The van der Waals surface area contributed by atoms with Crippen molar-refractivity contribution in [1.82, 2.24) is 15.1 Å². The van der Waals surface area contributed by atoms with Crippen molar-refractivity contribution < 1.29 is 0 Å².